The third-order valence-electron chi connectivity index (χ3n) is 4.68. The van der Waals surface area contributed by atoms with Crippen LogP contribution in [0.4, 0.5) is 5.69 Å². The van der Waals surface area contributed by atoms with Gasteiger partial charge < -0.3 is 14.6 Å². The Morgan fingerprint density at radius 1 is 0.889 bits per heavy atom. The molecule has 136 valence electrons. The molecule has 0 unspecified atom stereocenters. The summed E-state index contributed by atoms with van der Waals surface area (Å²) in [5.74, 6) is 0.785. The number of nitrogens with one attached hydrogen (secondary N) is 1. The molecule has 0 aliphatic heterocycles. The van der Waals surface area contributed by atoms with Crippen molar-refractivity contribution in [3.8, 4) is 11.8 Å². The van der Waals surface area contributed by atoms with Gasteiger partial charge in [-0.1, -0.05) is 42.5 Å². The lowest BCUT2D eigenvalue weighted by molar-refractivity contribution is 0.449. The van der Waals surface area contributed by atoms with Crippen LogP contribution in [0.25, 0.3) is 11.0 Å². The standard InChI is InChI=1S/C23H23N3O/c1-2-26(19-8-4-3-5-9-19)17-16-18-12-14-20(15-13-18)27-23-24-21-10-6-7-11-22(21)25-23/h3-15H,2,16-17H2,1H3,(H,24,25). The largest absolute Gasteiger partial charge is 0.426 e. The molecule has 0 aliphatic carbocycles. The molecule has 0 atom stereocenters. The molecule has 1 N–H and O–H groups in total. The highest BCUT2D eigenvalue weighted by Crippen LogP contribution is 2.22. The van der Waals surface area contributed by atoms with Gasteiger partial charge in [-0.2, -0.15) is 4.98 Å². The highest BCUT2D eigenvalue weighted by Gasteiger charge is 2.06. The number of ether oxygens (including phenoxy) is 1. The molecule has 0 bridgehead atoms. The fraction of sp³-hybridized carbons (Fsp3) is 0.174. The number of nitrogens with zero attached hydrogens (tertiary/aromatic N) is 2. The van der Waals surface area contributed by atoms with Crippen molar-refractivity contribution in [2.24, 2.45) is 0 Å². The molecule has 4 rings (SSSR count). The molecule has 0 saturated heterocycles. The lowest BCUT2D eigenvalue weighted by atomic mass is 10.1. The van der Waals surface area contributed by atoms with Gasteiger partial charge in [0.05, 0.1) is 11.0 Å². The Balaban J connectivity index is 1.38. The summed E-state index contributed by atoms with van der Waals surface area (Å²) >= 11 is 0. The van der Waals surface area contributed by atoms with Crippen molar-refractivity contribution >= 4 is 16.7 Å². The number of para-hydroxylation sites is 3. The Morgan fingerprint density at radius 3 is 2.37 bits per heavy atom. The van der Waals surface area contributed by atoms with Crippen LogP contribution in [0.5, 0.6) is 11.8 Å². The van der Waals surface area contributed by atoms with E-state index in [0.29, 0.717) is 6.01 Å². The summed E-state index contributed by atoms with van der Waals surface area (Å²) in [6, 6.07) is 27.2. The maximum atomic E-state index is 5.86. The van der Waals surface area contributed by atoms with E-state index in [-0.39, 0.29) is 0 Å². The number of aromatic amines is 1. The molecule has 0 radical (unpaired) electrons. The molecule has 0 spiro atoms. The van der Waals surface area contributed by atoms with E-state index < -0.39 is 0 Å². The number of anilines is 1. The van der Waals surface area contributed by atoms with Crippen molar-refractivity contribution in [2.45, 2.75) is 13.3 Å². The molecule has 0 saturated carbocycles. The minimum absolute atomic E-state index is 0.519. The zero-order valence-electron chi connectivity index (χ0n) is 15.4. The summed E-state index contributed by atoms with van der Waals surface area (Å²) in [7, 11) is 0. The number of fused-ring (bicyclic) bond motifs is 1. The van der Waals surface area contributed by atoms with E-state index in [2.05, 4.69) is 64.3 Å². The Morgan fingerprint density at radius 2 is 1.63 bits per heavy atom. The average Bonchev–Trinajstić information content (AvgIpc) is 3.13. The molecule has 3 aromatic carbocycles. The minimum atomic E-state index is 0.519. The molecule has 0 fully saturated rings. The monoisotopic (exact) mass is 357 g/mol. The predicted molar refractivity (Wildman–Crippen MR) is 111 cm³/mol. The first-order valence-electron chi connectivity index (χ1n) is 9.33. The van der Waals surface area contributed by atoms with Gasteiger partial charge >= 0.3 is 0 Å². The topological polar surface area (TPSA) is 41.1 Å². The number of benzene rings is 3. The van der Waals surface area contributed by atoms with Gasteiger partial charge in [-0.15, -0.1) is 0 Å². The second-order valence-electron chi connectivity index (χ2n) is 6.47. The maximum Gasteiger partial charge on any atom is 0.300 e. The van der Waals surface area contributed by atoms with E-state index in [1.54, 1.807) is 0 Å². The van der Waals surface area contributed by atoms with Crippen LogP contribution in [0.1, 0.15) is 12.5 Å². The van der Waals surface area contributed by atoms with E-state index in [1.807, 2.05) is 36.4 Å². The van der Waals surface area contributed by atoms with Crippen molar-refractivity contribution in [1.29, 1.82) is 0 Å². The first-order valence-corrected chi connectivity index (χ1v) is 9.33. The van der Waals surface area contributed by atoms with Crippen LogP contribution in [0.3, 0.4) is 0 Å². The van der Waals surface area contributed by atoms with Gasteiger partial charge in [0.2, 0.25) is 0 Å². The van der Waals surface area contributed by atoms with E-state index in [1.165, 1.54) is 11.3 Å². The molecule has 27 heavy (non-hydrogen) atoms. The normalized spacial score (nSPS) is 10.9. The lowest BCUT2D eigenvalue weighted by Crippen LogP contribution is -2.25. The van der Waals surface area contributed by atoms with Gasteiger partial charge in [0.15, 0.2) is 0 Å². The summed E-state index contributed by atoms with van der Waals surface area (Å²) in [5.41, 5.74) is 4.44. The van der Waals surface area contributed by atoms with Crippen molar-refractivity contribution in [3.63, 3.8) is 0 Å². The highest BCUT2D eigenvalue weighted by molar-refractivity contribution is 5.75. The fourth-order valence-electron chi connectivity index (χ4n) is 3.19. The zero-order chi connectivity index (χ0) is 18.5. The Labute approximate surface area is 159 Å². The summed E-state index contributed by atoms with van der Waals surface area (Å²) in [4.78, 5) is 10.0. The van der Waals surface area contributed by atoms with Gasteiger partial charge in [0.1, 0.15) is 5.75 Å². The van der Waals surface area contributed by atoms with Crippen molar-refractivity contribution in [1.82, 2.24) is 9.97 Å². The van der Waals surface area contributed by atoms with Crippen molar-refractivity contribution in [2.75, 3.05) is 18.0 Å². The van der Waals surface area contributed by atoms with Gasteiger partial charge in [-0.25, -0.2) is 0 Å². The highest BCUT2D eigenvalue weighted by atomic mass is 16.5. The Bertz CT molecular complexity index is 960. The van der Waals surface area contributed by atoms with Crippen molar-refractivity contribution in [3.05, 3.63) is 84.4 Å². The fourth-order valence-corrected chi connectivity index (χ4v) is 3.19. The molecule has 0 amide bonds. The maximum absolute atomic E-state index is 5.86. The lowest BCUT2D eigenvalue weighted by Gasteiger charge is -2.23. The number of hydrogen-bond donors (Lipinski definition) is 1. The van der Waals surface area contributed by atoms with Gasteiger partial charge in [-0.05, 0) is 55.3 Å². The van der Waals surface area contributed by atoms with Crippen molar-refractivity contribution < 1.29 is 4.74 Å². The third-order valence-corrected chi connectivity index (χ3v) is 4.68. The van der Waals surface area contributed by atoms with E-state index in [0.717, 1.165) is 36.3 Å². The van der Waals surface area contributed by atoms with E-state index in [4.69, 9.17) is 4.74 Å². The molecular weight excluding hydrogens is 334 g/mol. The average molecular weight is 357 g/mol. The first-order chi connectivity index (χ1) is 13.3. The molecule has 1 aromatic heterocycles. The van der Waals surface area contributed by atoms with E-state index >= 15 is 0 Å². The van der Waals surface area contributed by atoms with E-state index in [9.17, 15) is 0 Å². The van der Waals surface area contributed by atoms with Gasteiger partial charge in [-0.3, -0.25) is 0 Å². The summed E-state index contributed by atoms with van der Waals surface area (Å²) < 4.78 is 5.86. The third kappa shape index (κ3) is 4.11. The zero-order valence-corrected chi connectivity index (χ0v) is 15.4. The Hall–Kier alpha value is -3.27. The van der Waals surface area contributed by atoms with Crippen LogP contribution >= 0.6 is 0 Å². The molecule has 0 aliphatic rings. The first kappa shape index (κ1) is 17.2. The second kappa shape index (κ2) is 7.96. The van der Waals surface area contributed by atoms with Crippen LogP contribution < -0.4 is 9.64 Å². The number of H-pyrrole nitrogens is 1. The molecule has 4 heteroatoms. The molecule has 4 nitrogen and oxygen atoms in total. The summed E-state index contributed by atoms with van der Waals surface area (Å²) in [6.07, 6.45) is 0.994. The van der Waals surface area contributed by atoms with Crippen LogP contribution in [-0.2, 0) is 6.42 Å². The number of imidazole rings is 1. The number of hydrogen-bond acceptors (Lipinski definition) is 3. The summed E-state index contributed by atoms with van der Waals surface area (Å²) in [6.45, 7) is 4.18. The predicted octanol–water partition coefficient (Wildman–Crippen LogP) is 5.42. The number of likely N-dealkylation sites (N-methyl/N-ethyl adjacent to an activating group) is 1. The van der Waals surface area contributed by atoms with Crippen LogP contribution in [-0.4, -0.2) is 23.1 Å². The van der Waals surface area contributed by atoms with Gasteiger partial charge in [0, 0.05) is 18.8 Å². The minimum Gasteiger partial charge on any atom is -0.426 e. The molecular formula is C23H23N3O. The quantitative estimate of drug-likeness (QED) is 0.480. The number of aromatic nitrogens is 2. The Kier molecular flexibility index (Phi) is 5.06. The SMILES string of the molecule is CCN(CCc1ccc(Oc2nc3ccccc3[nH]2)cc1)c1ccccc1. The second-order valence-corrected chi connectivity index (χ2v) is 6.47. The summed E-state index contributed by atoms with van der Waals surface area (Å²) in [5, 5.41) is 0. The number of rotatable bonds is 7. The van der Waals surface area contributed by atoms with Crippen LogP contribution in [0.15, 0.2) is 78.9 Å². The van der Waals surface area contributed by atoms with Crippen LogP contribution in [0.2, 0.25) is 0 Å². The smallest absolute Gasteiger partial charge is 0.300 e. The van der Waals surface area contributed by atoms with Crippen LogP contribution in [0, 0.1) is 0 Å². The van der Waals surface area contributed by atoms with Gasteiger partial charge in [0.25, 0.3) is 6.01 Å². The molecule has 4 aromatic rings. The molecule has 1 heterocycles.